The molecule has 0 unspecified atom stereocenters. The molecule has 0 aromatic heterocycles. The Labute approximate surface area is 129 Å². The molecule has 2 bridgehead atoms. The molecular weight excluding hydrogens is 256 g/mol. The van der Waals surface area contributed by atoms with Gasteiger partial charge in [-0.3, -0.25) is 0 Å². The largest absolute Gasteiger partial charge is 2.00 e. The van der Waals surface area contributed by atoms with Gasteiger partial charge in [-0.25, -0.2) is 0 Å². The summed E-state index contributed by atoms with van der Waals surface area (Å²) in [6.45, 7) is 5.66. The van der Waals surface area contributed by atoms with Crippen molar-refractivity contribution in [3.8, 4) is 0 Å². The first-order chi connectivity index (χ1) is 8.24. The van der Waals surface area contributed by atoms with E-state index < -0.39 is 34.6 Å². The average molecular weight is 275 g/mol. The number of aliphatic carboxylic acids is 2. The summed E-state index contributed by atoms with van der Waals surface area (Å²) in [4.78, 5) is 22.9. The molecule has 5 heteroatoms. The SMILES string of the molecule is CC(C)[C@@]12C=C[C@@](C)(CC1)[C@H](C(=O)[O-])[C@@H]2C(=O)[O-].[Mg+2]. The van der Waals surface area contributed by atoms with E-state index in [1.54, 1.807) is 6.92 Å². The van der Waals surface area contributed by atoms with Crippen molar-refractivity contribution in [3.63, 3.8) is 0 Å². The summed E-state index contributed by atoms with van der Waals surface area (Å²) in [7, 11) is 0. The van der Waals surface area contributed by atoms with Crippen LogP contribution in [0.25, 0.3) is 0 Å². The second-order valence-electron chi connectivity index (χ2n) is 6.20. The molecule has 4 atom stereocenters. The zero-order valence-corrected chi connectivity index (χ0v) is 13.1. The van der Waals surface area contributed by atoms with Crippen LogP contribution >= 0.6 is 0 Å². The minimum absolute atomic E-state index is 0. The van der Waals surface area contributed by atoms with Gasteiger partial charge < -0.3 is 19.8 Å². The maximum atomic E-state index is 11.5. The number of fused-ring (bicyclic) bond motifs is 2. The molecule has 3 aliphatic carbocycles. The van der Waals surface area contributed by atoms with Gasteiger partial charge in [-0.15, -0.1) is 0 Å². The van der Waals surface area contributed by atoms with Crippen molar-refractivity contribution >= 4 is 35.0 Å². The molecule has 3 aliphatic rings. The van der Waals surface area contributed by atoms with Crippen LogP contribution in [-0.2, 0) is 9.59 Å². The second kappa shape index (κ2) is 5.09. The Morgan fingerprint density at radius 1 is 1.11 bits per heavy atom. The van der Waals surface area contributed by atoms with Gasteiger partial charge >= 0.3 is 23.1 Å². The predicted molar refractivity (Wildman–Crippen MR) is 66.5 cm³/mol. The summed E-state index contributed by atoms with van der Waals surface area (Å²) in [5.74, 6) is -4.48. The van der Waals surface area contributed by atoms with Crippen molar-refractivity contribution in [1.29, 1.82) is 0 Å². The molecule has 0 saturated heterocycles. The van der Waals surface area contributed by atoms with Crippen LogP contribution < -0.4 is 10.2 Å². The number of carboxylic acids is 2. The summed E-state index contributed by atoms with van der Waals surface area (Å²) in [6.07, 6.45) is 5.15. The van der Waals surface area contributed by atoms with E-state index in [1.165, 1.54) is 0 Å². The first-order valence-corrected chi connectivity index (χ1v) is 6.37. The fourth-order valence-electron chi connectivity index (χ4n) is 3.81. The predicted octanol–water partition coefficient (Wildman–Crippen LogP) is -0.650. The standard InChI is InChI=1S/C14H20O4.Mg/c1-8(2)14-6-4-13(3,5-7-14)9(11(15)16)10(14)12(17)18;/h4,6,8-10H,5,7H2,1-3H3,(H,15,16)(H,17,18);/q;+2/p-2/t9-,10+,13-,14+;/m0./s1. The maximum absolute atomic E-state index is 11.5. The first kappa shape index (κ1) is 16.5. The number of hydrogen-bond donors (Lipinski definition) is 0. The number of carboxylic acid groups (broad SMARTS) is 2. The van der Waals surface area contributed by atoms with Gasteiger partial charge in [0.1, 0.15) is 0 Å². The van der Waals surface area contributed by atoms with Crippen LogP contribution in [0, 0.1) is 28.6 Å². The summed E-state index contributed by atoms with van der Waals surface area (Å²) >= 11 is 0. The van der Waals surface area contributed by atoms with E-state index in [0.29, 0.717) is 12.8 Å². The Morgan fingerprint density at radius 2 is 1.63 bits per heavy atom. The van der Waals surface area contributed by atoms with E-state index in [0.717, 1.165) is 0 Å². The molecule has 0 spiro atoms. The molecule has 1 saturated carbocycles. The van der Waals surface area contributed by atoms with E-state index in [9.17, 15) is 19.8 Å². The topological polar surface area (TPSA) is 80.3 Å². The van der Waals surface area contributed by atoms with Gasteiger partial charge in [0, 0.05) is 23.8 Å². The zero-order valence-electron chi connectivity index (χ0n) is 11.6. The third kappa shape index (κ3) is 2.21. The van der Waals surface area contributed by atoms with Gasteiger partial charge in [0.05, 0.1) is 0 Å². The average Bonchev–Trinajstić information content (AvgIpc) is 2.27. The van der Waals surface area contributed by atoms with Crippen LogP contribution in [0.2, 0.25) is 0 Å². The number of hydrogen-bond acceptors (Lipinski definition) is 4. The summed E-state index contributed by atoms with van der Waals surface area (Å²) in [5.41, 5.74) is -1.23. The fourth-order valence-corrected chi connectivity index (χ4v) is 3.81. The van der Waals surface area contributed by atoms with E-state index in [4.69, 9.17) is 0 Å². The maximum Gasteiger partial charge on any atom is 2.00 e. The molecule has 3 rings (SSSR count). The second-order valence-corrected chi connectivity index (χ2v) is 6.20. The Kier molecular flexibility index (Phi) is 4.42. The van der Waals surface area contributed by atoms with Crippen LogP contribution in [0.4, 0.5) is 0 Å². The van der Waals surface area contributed by atoms with Gasteiger partial charge in [0.2, 0.25) is 0 Å². The molecule has 100 valence electrons. The van der Waals surface area contributed by atoms with Gasteiger partial charge in [-0.2, -0.15) is 0 Å². The van der Waals surface area contributed by atoms with Gasteiger partial charge in [-0.1, -0.05) is 32.9 Å². The molecule has 0 aromatic carbocycles. The molecule has 4 nitrogen and oxygen atoms in total. The van der Waals surface area contributed by atoms with Gasteiger partial charge in [0.25, 0.3) is 0 Å². The molecular formula is C14H18MgO4. The molecule has 0 aliphatic heterocycles. The molecule has 0 heterocycles. The number of rotatable bonds is 3. The number of carbonyl (C=O) groups is 2. The fraction of sp³-hybridized carbons (Fsp3) is 0.714. The summed E-state index contributed by atoms with van der Waals surface area (Å²) in [6, 6.07) is 0. The molecule has 0 radical (unpaired) electrons. The van der Waals surface area contributed by atoms with E-state index in [-0.39, 0.29) is 29.0 Å². The van der Waals surface area contributed by atoms with Gasteiger partial charge in [0.15, 0.2) is 0 Å². The van der Waals surface area contributed by atoms with Gasteiger partial charge in [-0.05, 0) is 29.6 Å². The van der Waals surface area contributed by atoms with Crippen LogP contribution in [0.15, 0.2) is 12.2 Å². The number of carbonyl (C=O) groups excluding carboxylic acids is 2. The molecule has 0 aromatic rings. The normalized spacial score (nSPS) is 40.0. The monoisotopic (exact) mass is 274 g/mol. The van der Waals surface area contributed by atoms with Crippen LogP contribution in [0.1, 0.15) is 33.6 Å². The Morgan fingerprint density at radius 3 is 1.95 bits per heavy atom. The third-order valence-electron chi connectivity index (χ3n) is 5.08. The van der Waals surface area contributed by atoms with Crippen molar-refractivity contribution in [2.24, 2.45) is 28.6 Å². The number of allylic oxidation sites excluding steroid dienone is 2. The minimum Gasteiger partial charge on any atom is -0.550 e. The zero-order chi connectivity index (χ0) is 13.7. The molecule has 0 N–H and O–H groups in total. The van der Waals surface area contributed by atoms with Crippen LogP contribution in [0.3, 0.4) is 0 Å². The Hall–Kier alpha value is -0.554. The first-order valence-electron chi connectivity index (χ1n) is 6.37. The third-order valence-corrected chi connectivity index (χ3v) is 5.08. The van der Waals surface area contributed by atoms with Crippen molar-refractivity contribution in [1.82, 2.24) is 0 Å². The van der Waals surface area contributed by atoms with E-state index >= 15 is 0 Å². The molecule has 0 amide bonds. The van der Waals surface area contributed by atoms with E-state index in [1.807, 2.05) is 26.0 Å². The molecule has 1 fully saturated rings. The van der Waals surface area contributed by atoms with Crippen molar-refractivity contribution < 1.29 is 19.8 Å². The van der Waals surface area contributed by atoms with Crippen molar-refractivity contribution in [2.45, 2.75) is 33.6 Å². The smallest absolute Gasteiger partial charge is 0.550 e. The van der Waals surface area contributed by atoms with Crippen LogP contribution in [0.5, 0.6) is 0 Å². The quantitative estimate of drug-likeness (QED) is 0.506. The van der Waals surface area contributed by atoms with E-state index in [2.05, 4.69) is 0 Å². The Balaban J connectivity index is 0.00000180. The summed E-state index contributed by atoms with van der Waals surface area (Å²) in [5, 5.41) is 22.9. The van der Waals surface area contributed by atoms with Crippen molar-refractivity contribution in [2.75, 3.05) is 0 Å². The minimum atomic E-state index is -1.28. The Bertz CT molecular complexity index is 431. The summed E-state index contributed by atoms with van der Waals surface area (Å²) < 4.78 is 0. The molecule has 19 heavy (non-hydrogen) atoms. The van der Waals surface area contributed by atoms with Crippen molar-refractivity contribution in [3.05, 3.63) is 12.2 Å². The van der Waals surface area contributed by atoms with Crippen LogP contribution in [-0.4, -0.2) is 35.0 Å².